The summed E-state index contributed by atoms with van der Waals surface area (Å²) < 4.78 is 0. The average molecular weight is 238 g/mol. The Balaban J connectivity index is 2.41. The van der Waals surface area contributed by atoms with Crippen LogP contribution < -0.4 is 0 Å². The summed E-state index contributed by atoms with van der Waals surface area (Å²) in [5, 5.41) is 1.85. The fraction of sp³-hybridized carbons (Fsp3) is 0.250. The number of aryl methyl sites for hydroxylation is 2. The Kier molecular flexibility index (Phi) is 3.08. The highest BCUT2D eigenvalue weighted by molar-refractivity contribution is 7.15. The van der Waals surface area contributed by atoms with Crippen LogP contribution in [-0.2, 0) is 6.42 Å². The van der Waals surface area contributed by atoms with Gasteiger partial charge in [-0.2, -0.15) is 0 Å². The maximum Gasteiger partial charge on any atom is 0.123 e. The van der Waals surface area contributed by atoms with E-state index in [1.54, 1.807) is 11.3 Å². The molecule has 0 aliphatic heterocycles. The van der Waals surface area contributed by atoms with Crippen molar-refractivity contribution in [1.29, 1.82) is 0 Å². The van der Waals surface area contributed by atoms with Gasteiger partial charge in [-0.25, -0.2) is 4.98 Å². The third kappa shape index (κ3) is 2.21. The molecule has 0 N–H and O–H groups in total. The summed E-state index contributed by atoms with van der Waals surface area (Å²) in [7, 11) is 0. The first-order valence-electron chi connectivity index (χ1n) is 4.93. The first-order chi connectivity index (χ1) is 7.20. The molecule has 0 saturated carbocycles. The van der Waals surface area contributed by atoms with E-state index in [1.807, 2.05) is 24.3 Å². The number of hydrogen-bond acceptors (Lipinski definition) is 2. The molecule has 0 aliphatic carbocycles. The van der Waals surface area contributed by atoms with Gasteiger partial charge in [0, 0.05) is 15.5 Å². The number of aromatic nitrogens is 1. The quantitative estimate of drug-likeness (QED) is 0.758. The average Bonchev–Trinajstić information content (AvgIpc) is 2.61. The van der Waals surface area contributed by atoms with Crippen LogP contribution in [0.4, 0.5) is 0 Å². The lowest BCUT2D eigenvalue weighted by Gasteiger charge is -1.95. The Bertz CT molecular complexity index is 459. The van der Waals surface area contributed by atoms with E-state index in [1.165, 1.54) is 4.88 Å². The second-order valence-electron chi connectivity index (χ2n) is 3.39. The van der Waals surface area contributed by atoms with Gasteiger partial charge in [0.05, 0.1) is 5.69 Å². The Morgan fingerprint density at radius 1 is 1.27 bits per heavy atom. The third-order valence-corrected chi connectivity index (χ3v) is 3.91. The summed E-state index contributed by atoms with van der Waals surface area (Å²) in [4.78, 5) is 5.92. The van der Waals surface area contributed by atoms with Gasteiger partial charge >= 0.3 is 0 Å². The van der Waals surface area contributed by atoms with Gasteiger partial charge in [0.2, 0.25) is 0 Å². The van der Waals surface area contributed by atoms with Gasteiger partial charge in [0.15, 0.2) is 0 Å². The Hall–Kier alpha value is -0.860. The van der Waals surface area contributed by atoms with Crippen molar-refractivity contribution in [1.82, 2.24) is 4.98 Å². The van der Waals surface area contributed by atoms with E-state index in [0.717, 1.165) is 27.7 Å². The predicted octanol–water partition coefficient (Wildman–Crippen LogP) is 4.33. The standard InChI is InChI=1S/C12H12ClNS/c1-3-11-8(2)14-12(15-11)9-4-6-10(13)7-5-9/h4-7H,3H2,1-2H3. The van der Waals surface area contributed by atoms with Crippen LogP contribution in [0.3, 0.4) is 0 Å². The molecule has 3 heteroatoms. The van der Waals surface area contributed by atoms with Gasteiger partial charge in [-0.1, -0.05) is 30.7 Å². The van der Waals surface area contributed by atoms with Gasteiger partial charge in [0.1, 0.15) is 5.01 Å². The monoisotopic (exact) mass is 237 g/mol. The predicted molar refractivity (Wildman–Crippen MR) is 66.7 cm³/mol. The SMILES string of the molecule is CCc1sc(-c2ccc(Cl)cc2)nc1C. The molecule has 0 aliphatic rings. The van der Waals surface area contributed by atoms with E-state index in [4.69, 9.17) is 11.6 Å². The molecule has 1 aromatic heterocycles. The van der Waals surface area contributed by atoms with Crippen molar-refractivity contribution in [2.24, 2.45) is 0 Å². The lowest BCUT2D eigenvalue weighted by molar-refractivity contribution is 1.11. The van der Waals surface area contributed by atoms with E-state index >= 15 is 0 Å². The molecule has 2 aromatic rings. The van der Waals surface area contributed by atoms with E-state index in [0.29, 0.717) is 0 Å². The molecule has 2 rings (SSSR count). The van der Waals surface area contributed by atoms with Crippen molar-refractivity contribution in [2.45, 2.75) is 20.3 Å². The number of thiazole rings is 1. The normalized spacial score (nSPS) is 10.6. The number of hydrogen-bond donors (Lipinski definition) is 0. The largest absolute Gasteiger partial charge is 0.241 e. The van der Waals surface area contributed by atoms with Crippen molar-refractivity contribution in [3.05, 3.63) is 39.9 Å². The summed E-state index contributed by atoms with van der Waals surface area (Å²) in [6, 6.07) is 7.83. The summed E-state index contributed by atoms with van der Waals surface area (Å²) in [5.41, 5.74) is 2.29. The van der Waals surface area contributed by atoms with E-state index < -0.39 is 0 Å². The Morgan fingerprint density at radius 2 is 1.93 bits per heavy atom. The highest BCUT2D eigenvalue weighted by atomic mass is 35.5. The zero-order valence-corrected chi connectivity index (χ0v) is 10.3. The molecule has 1 aromatic carbocycles. The molecule has 0 bridgehead atoms. The summed E-state index contributed by atoms with van der Waals surface area (Å²) in [6.45, 7) is 4.22. The number of rotatable bonds is 2. The maximum atomic E-state index is 5.85. The van der Waals surface area contributed by atoms with Crippen LogP contribution >= 0.6 is 22.9 Å². The van der Waals surface area contributed by atoms with Crippen molar-refractivity contribution < 1.29 is 0 Å². The molecule has 15 heavy (non-hydrogen) atoms. The van der Waals surface area contributed by atoms with Gasteiger partial charge < -0.3 is 0 Å². The molecule has 78 valence electrons. The molecule has 0 fully saturated rings. The lowest BCUT2D eigenvalue weighted by atomic mass is 10.2. The highest BCUT2D eigenvalue weighted by Crippen LogP contribution is 2.28. The summed E-state index contributed by atoms with van der Waals surface area (Å²) in [5.74, 6) is 0. The smallest absolute Gasteiger partial charge is 0.123 e. The van der Waals surface area contributed by atoms with E-state index in [9.17, 15) is 0 Å². The molecule has 1 nitrogen and oxygen atoms in total. The van der Waals surface area contributed by atoms with E-state index in [-0.39, 0.29) is 0 Å². The van der Waals surface area contributed by atoms with Gasteiger partial charge in [0.25, 0.3) is 0 Å². The topological polar surface area (TPSA) is 12.9 Å². The van der Waals surface area contributed by atoms with E-state index in [2.05, 4.69) is 18.8 Å². The zero-order valence-electron chi connectivity index (χ0n) is 8.75. The lowest BCUT2D eigenvalue weighted by Crippen LogP contribution is -1.78. The number of benzene rings is 1. The zero-order chi connectivity index (χ0) is 10.8. The molecule has 0 saturated heterocycles. The van der Waals surface area contributed by atoms with Crippen LogP contribution in [0.25, 0.3) is 10.6 Å². The molecular formula is C12H12ClNS. The molecular weight excluding hydrogens is 226 g/mol. The fourth-order valence-electron chi connectivity index (χ4n) is 1.47. The molecule has 0 unspecified atom stereocenters. The molecule has 0 atom stereocenters. The minimum atomic E-state index is 0.766. The first kappa shape index (κ1) is 10.7. The maximum absolute atomic E-state index is 5.85. The Labute approximate surface area is 98.7 Å². The first-order valence-corrected chi connectivity index (χ1v) is 6.12. The highest BCUT2D eigenvalue weighted by Gasteiger charge is 2.07. The van der Waals surface area contributed by atoms with Crippen molar-refractivity contribution in [3.63, 3.8) is 0 Å². The molecule has 1 heterocycles. The molecule has 0 radical (unpaired) electrons. The van der Waals surface area contributed by atoms with Crippen LogP contribution in [0, 0.1) is 6.92 Å². The second kappa shape index (κ2) is 4.33. The van der Waals surface area contributed by atoms with Crippen molar-refractivity contribution >= 4 is 22.9 Å². The van der Waals surface area contributed by atoms with Crippen LogP contribution in [0.15, 0.2) is 24.3 Å². The number of halogens is 1. The van der Waals surface area contributed by atoms with Crippen molar-refractivity contribution in [3.8, 4) is 10.6 Å². The second-order valence-corrected chi connectivity index (χ2v) is 4.91. The van der Waals surface area contributed by atoms with Crippen molar-refractivity contribution in [2.75, 3.05) is 0 Å². The van der Waals surface area contributed by atoms with Crippen LogP contribution in [0.5, 0.6) is 0 Å². The number of nitrogens with zero attached hydrogens (tertiary/aromatic N) is 1. The van der Waals surface area contributed by atoms with Gasteiger partial charge in [-0.3, -0.25) is 0 Å². The minimum Gasteiger partial charge on any atom is -0.241 e. The van der Waals surface area contributed by atoms with Crippen LogP contribution in [0.2, 0.25) is 5.02 Å². The van der Waals surface area contributed by atoms with Gasteiger partial charge in [-0.15, -0.1) is 11.3 Å². The van der Waals surface area contributed by atoms with Crippen LogP contribution in [-0.4, -0.2) is 4.98 Å². The van der Waals surface area contributed by atoms with Crippen LogP contribution in [0.1, 0.15) is 17.5 Å². The summed E-state index contributed by atoms with van der Waals surface area (Å²) in [6.07, 6.45) is 1.05. The Morgan fingerprint density at radius 3 is 2.47 bits per heavy atom. The minimum absolute atomic E-state index is 0.766. The third-order valence-electron chi connectivity index (χ3n) is 2.30. The fourth-order valence-corrected chi connectivity index (χ4v) is 2.61. The molecule has 0 amide bonds. The summed E-state index contributed by atoms with van der Waals surface area (Å²) >= 11 is 7.61. The molecule has 0 spiro atoms. The van der Waals surface area contributed by atoms with Gasteiger partial charge in [-0.05, 0) is 25.5 Å².